The molecule has 154 valence electrons. The summed E-state index contributed by atoms with van der Waals surface area (Å²) in [6.07, 6.45) is 11.1. The van der Waals surface area contributed by atoms with Crippen molar-refractivity contribution in [3.05, 3.63) is 11.6 Å². The second kappa shape index (κ2) is 5.50. The van der Waals surface area contributed by atoms with Crippen LogP contribution in [0.3, 0.4) is 0 Å². The monoisotopic (exact) mass is 386 g/mol. The molecule has 2 heterocycles. The Balaban J connectivity index is 1.34. The highest BCUT2D eigenvalue weighted by molar-refractivity contribution is 5.80. The van der Waals surface area contributed by atoms with Gasteiger partial charge in [-0.2, -0.15) is 0 Å². The molecular weight excluding hydrogens is 352 g/mol. The van der Waals surface area contributed by atoms with Crippen molar-refractivity contribution in [1.82, 2.24) is 0 Å². The molecule has 0 aromatic heterocycles. The Morgan fingerprint density at radius 2 is 2.00 bits per heavy atom. The zero-order valence-electron chi connectivity index (χ0n) is 17.6. The molecule has 0 aromatic carbocycles. The molecule has 5 unspecified atom stereocenters. The lowest BCUT2D eigenvalue weighted by Crippen LogP contribution is -2.52. The summed E-state index contributed by atoms with van der Waals surface area (Å²) in [6.45, 7) is 7.96. The second-order valence-electron chi connectivity index (χ2n) is 10.8. The maximum atomic E-state index is 12.6. The summed E-state index contributed by atoms with van der Waals surface area (Å²) in [7, 11) is 0. The Bertz CT molecular complexity index is 752. The molecule has 1 spiro atoms. The fourth-order valence-electron chi connectivity index (χ4n) is 8.72. The lowest BCUT2D eigenvalue weighted by Gasteiger charge is -2.50. The first-order valence-corrected chi connectivity index (χ1v) is 11.6. The minimum Gasteiger partial charge on any atom is -0.358 e. The number of allylic oxidation sites excluding steroid dienone is 1. The molecule has 28 heavy (non-hydrogen) atoms. The Kier molecular flexibility index (Phi) is 3.55. The van der Waals surface area contributed by atoms with Crippen LogP contribution in [-0.4, -0.2) is 36.0 Å². The van der Waals surface area contributed by atoms with Gasteiger partial charge in [0, 0.05) is 18.8 Å². The van der Waals surface area contributed by atoms with Gasteiger partial charge in [-0.05, 0) is 67.8 Å². The van der Waals surface area contributed by atoms with E-state index in [0.717, 1.165) is 51.7 Å². The molecule has 0 amide bonds. The van der Waals surface area contributed by atoms with Gasteiger partial charge in [0.15, 0.2) is 5.79 Å². The average Bonchev–Trinajstić information content (AvgIpc) is 2.95. The Morgan fingerprint density at radius 3 is 2.71 bits per heavy atom. The topological polar surface area (TPSA) is 48.1 Å². The molecule has 7 atom stereocenters. The van der Waals surface area contributed by atoms with Crippen molar-refractivity contribution >= 4 is 5.78 Å². The first-order valence-electron chi connectivity index (χ1n) is 11.6. The van der Waals surface area contributed by atoms with Crippen molar-refractivity contribution in [3.63, 3.8) is 0 Å². The second-order valence-corrected chi connectivity index (χ2v) is 10.8. The molecular formula is C24H34O4. The van der Waals surface area contributed by atoms with Crippen LogP contribution in [0.1, 0.15) is 72.1 Å². The largest absolute Gasteiger partial charge is 0.358 e. The van der Waals surface area contributed by atoms with E-state index in [1.165, 1.54) is 12.8 Å². The lowest BCUT2D eigenvalue weighted by atomic mass is 9.53. The summed E-state index contributed by atoms with van der Waals surface area (Å²) in [4.78, 5) is 12.6. The van der Waals surface area contributed by atoms with Crippen LogP contribution < -0.4 is 0 Å². The minimum absolute atomic E-state index is 0.0472. The van der Waals surface area contributed by atoms with E-state index in [9.17, 15) is 4.79 Å². The van der Waals surface area contributed by atoms with Crippen LogP contribution >= 0.6 is 0 Å². The molecule has 2 aliphatic heterocycles. The first kappa shape index (κ1) is 18.1. The van der Waals surface area contributed by atoms with Crippen LogP contribution in [0.15, 0.2) is 11.6 Å². The molecule has 0 N–H and O–H groups in total. The minimum atomic E-state index is -0.378. The molecule has 4 aliphatic carbocycles. The van der Waals surface area contributed by atoms with E-state index in [1.54, 1.807) is 5.57 Å². The quantitative estimate of drug-likeness (QED) is 0.521. The molecule has 0 bridgehead atoms. The molecule has 4 nitrogen and oxygen atoms in total. The Morgan fingerprint density at radius 1 is 1.21 bits per heavy atom. The van der Waals surface area contributed by atoms with E-state index in [-0.39, 0.29) is 28.3 Å². The number of ether oxygens (including phenoxy) is 3. The number of Topliss-reactive ketones (excluding diaryl/α,β-unsaturated/α-hetero) is 1. The number of fused-ring (bicyclic) bond motifs is 3. The van der Waals surface area contributed by atoms with Gasteiger partial charge in [-0.15, -0.1) is 0 Å². The zero-order valence-corrected chi connectivity index (χ0v) is 17.6. The number of carbonyl (C=O) groups excluding carboxylic acids is 1. The van der Waals surface area contributed by atoms with E-state index in [1.807, 2.05) is 6.92 Å². The van der Waals surface area contributed by atoms with Crippen LogP contribution in [0.25, 0.3) is 0 Å². The highest BCUT2D eigenvalue weighted by Crippen LogP contribution is 2.74. The van der Waals surface area contributed by atoms with Crippen LogP contribution in [0.2, 0.25) is 0 Å². The predicted octanol–water partition coefficient (Wildman–Crippen LogP) is 4.42. The van der Waals surface area contributed by atoms with Crippen molar-refractivity contribution in [2.24, 2.45) is 29.1 Å². The third kappa shape index (κ3) is 2.00. The van der Waals surface area contributed by atoms with Crippen molar-refractivity contribution in [2.75, 3.05) is 13.2 Å². The van der Waals surface area contributed by atoms with E-state index in [0.29, 0.717) is 23.5 Å². The molecule has 6 aliphatic rings. The highest BCUT2D eigenvalue weighted by atomic mass is 16.7. The van der Waals surface area contributed by atoms with Crippen molar-refractivity contribution < 1.29 is 19.0 Å². The van der Waals surface area contributed by atoms with E-state index in [2.05, 4.69) is 19.9 Å². The average molecular weight is 387 g/mol. The van der Waals surface area contributed by atoms with Crippen LogP contribution in [-0.2, 0) is 19.0 Å². The summed E-state index contributed by atoms with van der Waals surface area (Å²) < 4.78 is 18.8. The molecule has 4 heteroatoms. The molecule has 6 rings (SSSR count). The van der Waals surface area contributed by atoms with Gasteiger partial charge >= 0.3 is 0 Å². The fraction of sp³-hybridized carbons (Fsp3) is 0.875. The molecule has 0 radical (unpaired) electrons. The molecule has 2 saturated heterocycles. The molecule has 5 fully saturated rings. The van der Waals surface area contributed by atoms with Gasteiger partial charge in [-0.1, -0.05) is 26.3 Å². The number of ketones is 1. The summed E-state index contributed by atoms with van der Waals surface area (Å²) in [5, 5.41) is 0. The maximum Gasteiger partial charge on any atom is 0.171 e. The number of hydrogen-bond acceptors (Lipinski definition) is 4. The first-order chi connectivity index (χ1) is 13.4. The van der Waals surface area contributed by atoms with Crippen LogP contribution in [0.5, 0.6) is 0 Å². The van der Waals surface area contributed by atoms with Crippen LogP contribution in [0, 0.1) is 29.1 Å². The fourth-order valence-corrected chi connectivity index (χ4v) is 8.72. The number of hydrogen-bond donors (Lipinski definition) is 0. The Hall–Kier alpha value is -0.710. The lowest BCUT2D eigenvalue weighted by molar-refractivity contribution is -0.185. The van der Waals surface area contributed by atoms with E-state index < -0.39 is 0 Å². The van der Waals surface area contributed by atoms with Gasteiger partial charge in [-0.25, -0.2) is 0 Å². The molecule has 3 saturated carbocycles. The third-order valence-electron chi connectivity index (χ3n) is 9.81. The Labute approximate surface area is 168 Å². The third-order valence-corrected chi connectivity index (χ3v) is 9.81. The summed E-state index contributed by atoms with van der Waals surface area (Å²) >= 11 is 0. The van der Waals surface area contributed by atoms with Gasteiger partial charge in [0.25, 0.3) is 0 Å². The smallest absolute Gasteiger partial charge is 0.171 e. The standard InChI is InChI=1S/C24H34O4/c1-4-16-13-19-17-5-8-22-14-23(26-11-12-27-23)9-10-24(22,28-22)18(17)6-7-21(19,3)20(16)15(2)25/h6,16-17,19-20H,4-5,7-14H2,1-3H3/t16-,17?,19?,20?,21+,22?,24?/m1/s1. The van der Waals surface area contributed by atoms with Crippen LogP contribution in [0.4, 0.5) is 0 Å². The summed E-state index contributed by atoms with van der Waals surface area (Å²) in [6, 6.07) is 0. The van der Waals surface area contributed by atoms with Gasteiger partial charge in [0.1, 0.15) is 17.0 Å². The van der Waals surface area contributed by atoms with Crippen molar-refractivity contribution in [3.8, 4) is 0 Å². The normalized spacial score (nSPS) is 53.0. The number of carbonyl (C=O) groups is 1. The molecule has 0 aromatic rings. The number of rotatable bonds is 2. The van der Waals surface area contributed by atoms with E-state index in [4.69, 9.17) is 14.2 Å². The van der Waals surface area contributed by atoms with Gasteiger partial charge in [-0.3, -0.25) is 4.79 Å². The predicted molar refractivity (Wildman–Crippen MR) is 105 cm³/mol. The number of epoxide rings is 1. The van der Waals surface area contributed by atoms with Crippen molar-refractivity contribution in [2.45, 2.75) is 89.1 Å². The summed E-state index contributed by atoms with van der Waals surface area (Å²) in [5.41, 5.74) is 1.63. The van der Waals surface area contributed by atoms with Crippen molar-refractivity contribution in [1.29, 1.82) is 0 Å². The van der Waals surface area contributed by atoms with Gasteiger partial charge in [0.2, 0.25) is 0 Å². The van der Waals surface area contributed by atoms with Gasteiger partial charge in [0.05, 0.1) is 13.2 Å². The highest BCUT2D eigenvalue weighted by Gasteiger charge is 2.79. The summed E-state index contributed by atoms with van der Waals surface area (Å²) in [5.74, 6) is 2.07. The van der Waals surface area contributed by atoms with E-state index >= 15 is 0 Å². The maximum absolute atomic E-state index is 12.6. The zero-order chi connectivity index (χ0) is 19.4. The van der Waals surface area contributed by atoms with Gasteiger partial charge < -0.3 is 14.2 Å². The SMILES string of the molecule is CC[C@@H]1CC2C3CCC45CC6(CCC4(O5)C3=CC[C@]2(C)C1C(C)=O)OCCO6.